The largest absolute Gasteiger partial charge is 0.296 e. The molecule has 6 saturated heterocycles. The molecule has 18 heavy (non-hydrogen) atoms. The fourth-order valence-corrected chi connectivity index (χ4v) is 4.74. The minimum absolute atomic E-state index is 0.279. The van der Waals surface area contributed by atoms with Gasteiger partial charge in [0, 0.05) is 0 Å². The highest BCUT2D eigenvalue weighted by Gasteiger charge is 2.44. The Hall–Kier alpha value is -0.410. The maximum atomic E-state index is 12.8. The van der Waals surface area contributed by atoms with Crippen LogP contribution in [0.3, 0.4) is 0 Å². The molecule has 6 heterocycles. The zero-order valence-corrected chi connectivity index (χ0v) is 11.2. The summed E-state index contributed by atoms with van der Waals surface area (Å²) in [6, 6.07) is 0.559. The average Bonchev–Trinajstić information content (AvgIpc) is 2.49. The first-order chi connectivity index (χ1) is 8.81. The van der Waals surface area contributed by atoms with Gasteiger partial charge in [0.25, 0.3) is 0 Å². The Bertz CT molecular complexity index is 308. The van der Waals surface area contributed by atoms with Gasteiger partial charge in [-0.2, -0.15) is 0 Å². The van der Waals surface area contributed by atoms with E-state index in [1.165, 1.54) is 51.9 Å². The standard InChI is InChI=1S/C15H24N2O/c18-15(13-9-11-1-5-16(13)6-2-11)14-10-12-3-7-17(14)8-4-12/h11-14H,1-10H2. The molecule has 100 valence electrons. The number of fused-ring (bicyclic) bond motifs is 6. The van der Waals surface area contributed by atoms with Crippen LogP contribution < -0.4 is 0 Å². The predicted molar refractivity (Wildman–Crippen MR) is 70.4 cm³/mol. The molecule has 0 N–H and O–H groups in total. The van der Waals surface area contributed by atoms with Crippen molar-refractivity contribution in [3.8, 4) is 0 Å². The number of Topliss-reactive ketones (excluding diaryl/α,β-unsaturated/α-hetero) is 1. The van der Waals surface area contributed by atoms with Crippen LogP contribution in [0.2, 0.25) is 0 Å². The van der Waals surface area contributed by atoms with E-state index in [1.54, 1.807) is 0 Å². The fourth-order valence-electron chi connectivity index (χ4n) is 4.74. The lowest BCUT2D eigenvalue weighted by molar-refractivity contribution is -0.137. The summed E-state index contributed by atoms with van der Waals surface area (Å²) in [7, 11) is 0. The molecule has 3 nitrogen and oxygen atoms in total. The molecule has 4 bridgehead atoms. The van der Waals surface area contributed by atoms with Gasteiger partial charge < -0.3 is 0 Å². The lowest BCUT2D eigenvalue weighted by Crippen LogP contribution is -2.60. The molecule has 0 radical (unpaired) electrons. The highest BCUT2D eigenvalue weighted by Crippen LogP contribution is 2.37. The lowest BCUT2D eigenvalue weighted by Gasteiger charge is -2.49. The topological polar surface area (TPSA) is 23.6 Å². The van der Waals surface area contributed by atoms with Crippen molar-refractivity contribution in [3.63, 3.8) is 0 Å². The summed E-state index contributed by atoms with van der Waals surface area (Å²) >= 11 is 0. The molecule has 2 atom stereocenters. The maximum Gasteiger partial charge on any atom is 0.167 e. The zero-order valence-electron chi connectivity index (χ0n) is 11.2. The SMILES string of the molecule is O=C(C1CC2CCN1CC2)C1CC2CCN1CC2. The number of carbonyl (C=O) groups is 1. The second-order valence-electron chi connectivity index (χ2n) is 6.86. The van der Waals surface area contributed by atoms with Gasteiger partial charge >= 0.3 is 0 Å². The van der Waals surface area contributed by atoms with Crippen molar-refractivity contribution in [2.45, 2.75) is 50.6 Å². The molecule has 6 aliphatic rings. The van der Waals surface area contributed by atoms with Gasteiger partial charge in [0.2, 0.25) is 0 Å². The summed E-state index contributed by atoms with van der Waals surface area (Å²) in [5, 5.41) is 0. The van der Waals surface area contributed by atoms with Gasteiger partial charge in [-0.05, 0) is 76.5 Å². The Kier molecular flexibility index (Phi) is 2.73. The van der Waals surface area contributed by atoms with Crippen LogP contribution in [0.4, 0.5) is 0 Å². The molecule has 0 aromatic carbocycles. The van der Waals surface area contributed by atoms with Crippen LogP contribution in [-0.4, -0.2) is 53.8 Å². The summed E-state index contributed by atoms with van der Waals surface area (Å²) in [5.41, 5.74) is 0. The molecule has 0 spiro atoms. The molecular weight excluding hydrogens is 224 g/mol. The van der Waals surface area contributed by atoms with Crippen LogP contribution in [-0.2, 0) is 4.79 Å². The summed E-state index contributed by atoms with van der Waals surface area (Å²) in [6.45, 7) is 4.71. The van der Waals surface area contributed by atoms with E-state index < -0.39 is 0 Å². The van der Waals surface area contributed by atoms with Crippen molar-refractivity contribution >= 4 is 5.78 Å². The normalized spacial score (nSPS) is 50.4. The third kappa shape index (κ3) is 1.75. The predicted octanol–water partition coefficient (Wildman–Crippen LogP) is 1.52. The molecule has 6 aliphatic heterocycles. The van der Waals surface area contributed by atoms with Gasteiger partial charge in [0.15, 0.2) is 5.78 Å². The van der Waals surface area contributed by atoms with E-state index in [9.17, 15) is 4.79 Å². The first-order valence-corrected chi connectivity index (χ1v) is 7.83. The first kappa shape index (κ1) is 11.4. The van der Waals surface area contributed by atoms with Crippen molar-refractivity contribution in [1.29, 1.82) is 0 Å². The van der Waals surface area contributed by atoms with Crippen molar-refractivity contribution in [2.75, 3.05) is 26.2 Å². The van der Waals surface area contributed by atoms with Crippen LogP contribution in [0.15, 0.2) is 0 Å². The number of carbonyl (C=O) groups excluding carboxylic acids is 1. The molecule has 0 saturated carbocycles. The molecule has 6 fully saturated rings. The van der Waals surface area contributed by atoms with Crippen molar-refractivity contribution < 1.29 is 4.79 Å². The van der Waals surface area contributed by atoms with E-state index in [0.717, 1.165) is 24.7 Å². The van der Waals surface area contributed by atoms with Gasteiger partial charge in [-0.3, -0.25) is 14.6 Å². The van der Waals surface area contributed by atoms with Crippen LogP contribution in [0.5, 0.6) is 0 Å². The Morgan fingerprint density at radius 1 is 0.722 bits per heavy atom. The zero-order chi connectivity index (χ0) is 12.1. The summed E-state index contributed by atoms with van der Waals surface area (Å²) in [6.07, 6.45) is 7.66. The average molecular weight is 248 g/mol. The number of piperidine rings is 6. The quantitative estimate of drug-likeness (QED) is 0.740. The second kappa shape index (κ2) is 4.31. The van der Waals surface area contributed by atoms with Gasteiger partial charge in [-0.15, -0.1) is 0 Å². The first-order valence-electron chi connectivity index (χ1n) is 7.83. The van der Waals surface area contributed by atoms with E-state index in [0.29, 0.717) is 5.78 Å². The van der Waals surface area contributed by atoms with Crippen LogP contribution in [0, 0.1) is 11.8 Å². The minimum Gasteiger partial charge on any atom is -0.296 e. The Morgan fingerprint density at radius 3 is 1.39 bits per heavy atom. The second-order valence-corrected chi connectivity index (χ2v) is 6.86. The molecule has 6 rings (SSSR count). The minimum atomic E-state index is 0.279. The molecular formula is C15H24N2O. The number of nitrogens with zero attached hydrogens (tertiary/aromatic N) is 2. The van der Waals surface area contributed by atoms with E-state index in [2.05, 4.69) is 9.80 Å². The maximum absolute atomic E-state index is 12.8. The van der Waals surface area contributed by atoms with E-state index in [-0.39, 0.29) is 12.1 Å². The van der Waals surface area contributed by atoms with E-state index >= 15 is 0 Å². The molecule has 3 heteroatoms. The molecule has 0 aliphatic carbocycles. The van der Waals surface area contributed by atoms with Crippen molar-refractivity contribution in [3.05, 3.63) is 0 Å². The van der Waals surface area contributed by atoms with Crippen molar-refractivity contribution in [1.82, 2.24) is 9.80 Å². The number of ketones is 1. The summed E-state index contributed by atoms with van der Waals surface area (Å²) in [5.74, 6) is 2.27. The molecule has 0 aromatic rings. The molecule has 0 aromatic heterocycles. The van der Waals surface area contributed by atoms with Crippen molar-refractivity contribution in [2.24, 2.45) is 11.8 Å². The van der Waals surface area contributed by atoms with E-state index in [1.807, 2.05) is 0 Å². The Balaban J connectivity index is 1.50. The summed E-state index contributed by atoms with van der Waals surface area (Å²) < 4.78 is 0. The highest BCUT2D eigenvalue weighted by molar-refractivity contribution is 5.89. The van der Waals surface area contributed by atoms with Gasteiger partial charge in [0.05, 0.1) is 12.1 Å². The van der Waals surface area contributed by atoms with Gasteiger partial charge in [-0.25, -0.2) is 0 Å². The Morgan fingerprint density at radius 2 is 1.11 bits per heavy atom. The highest BCUT2D eigenvalue weighted by atomic mass is 16.1. The number of hydrogen-bond donors (Lipinski definition) is 0. The smallest absolute Gasteiger partial charge is 0.167 e. The van der Waals surface area contributed by atoms with Crippen LogP contribution >= 0.6 is 0 Å². The lowest BCUT2D eigenvalue weighted by atomic mass is 9.76. The van der Waals surface area contributed by atoms with Gasteiger partial charge in [0.1, 0.15) is 0 Å². The number of hydrogen-bond acceptors (Lipinski definition) is 3. The Labute approximate surface area is 110 Å². The fraction of sp³-hybridized carbons (Fsp3) is 0.933. The summed E-state index contributed by atoms with van der Waals surface area (Å²) in [4.78, 5) is 17.8. The third-order valence-electron chi connectivity index (χ3n) is 5.95. The number of rotatable bonds is 2. The molecule has 0 amide bonds. The van der Waals surface area contributed by atoms with Gasteiger partial charge in [-0.1, -0.05) is 0 Å². The van der Waals surface area contributed by atoms with Crippen LogP contribution in [0.25, 0.3) is 0 Å². The monoisotopic (exact) mass is 248 g/mol. The van der Waals surface area contributed by atoms with E-state index in [4.69, 9.17) is 0 Å². The third-order valence-corrected chi connectivity index (χ3v) is 5.95. The molecule has 2 unspecified atom stereocenters. The van der Waals surface area contributed by atoms with Crippen LogP contribution in [0.1, 0.15) is 38.5 Å².